The lowest BCUT2D eigenvalue weighted by molar-refractivity contribution is -0.0587. The number of morpholine rings is 1. The second-order valence-electron chi connectivity index (χ2n) is 5.65. The van der Waals surface area contributed by atoms with E-state index in [0.717, 1.165) is 11.3 Å². The van der Waals surface area contributed by atoms with Crippen molar-refractivity contribution in [3.63, 3.8) is 0 Å². The van der Waals surface area contributed by atoms with Crippen LogP contribution in [0.5, 0.6) is 0 Å². The van der Waals surface area contributed by atoms with Crippen LogP contribution in [-0.2, 0) is 4.74 Å². The molecule has 2 atom stereocenters. The quantitative estimate of drug-likeness (QED) is 0.842. The van der Waals surface area contributed by atoms with E-state index >= 15 is 0 Å². The lowest BCUT2D eigenvalue weighted by Crippen LogP contribution is -2.48. The number of aryl methyl sites for hydroxylation is 1. The highest BCUT2D eigenvalue weighted by Crippen LogP contribution is 2.21. The number of ketones is 1. The minimum atomic E-state index is -0.0555. The van der Waals surface area contributed by atoms with Gasteiger partial charge in [-0.3, -0.25) is 9.59 Å². The first-order valence-corrected chi connectivity index (χ1v) is 6.96. The topological polar surface area (TPSA) is 62.4 Å². The number of carbonyl (C=O) groups excluding carboxylic acids is 2. The Hall–Kier alpha value is -1.62. The first-order chi connectivity index (χ1) is 9.31. The standard InChI is InChI=1S/C15H22N2O3/c1-8-6-17(7-9(2)20-8)15(19)14-10(3)13(12(5)18)11(4)16-14/h8-9,16H,6-7H2,1-5H3/t8-,9-/m1/s1. The van der Waals surface area contributed by atoms with Crippen molar-refractivity contribution in [2.24, 2.45) is 0 Å². The van der Waals surface area contributed by atoms with Gasteiger partial charge in [-0.05, 0) is 40.2 Å². The first kappa shape index (κ1) is 14.8. The highest BCUT2D eigenvalue weighted by Gasteiger charge is 2.29. The maximum Gasteiger partial charge on any atom is 0.270 e. The van der Waals surface area contributed by atoms with Crippen molar-refractivity contribution < 1.29 is 14.3 Å². The average molecular weight is 278 g/mol. The molecule has 1 aromatic rings. The van der Waals surface area contributed by atoms with Gasteiger partial charge in [-0.25, -0.2) is 0 Å². The van der Waals surface area contributed by atoms with Crippen LogP contribution in [0.2, 0.25) is 0 Å². The molecule has 1 saturated heterocycles. The summed E-state index contributed by atoms with van der Waals surface area (Å²) in [6.07, 6.45) is 0.0673. The van der Waals surface area contributed by atoms with Crippen LogP contribution in [-0.4, -0.2) is 46.9 Å². The lowest BCUT2D eigenvalue weighted by atomic mass is 10.1. The summed E-state index contributed by atoms with van der Waals surface area (Å²) in [5.74, 6) is -0.0703. The molecule has 0 saturated carbocycles. The Kier molecular flexibility index (Phi) is 3.99. The molecular weight excluding hydrogens is 256 g/mol. The van der Waals surface area contributed by atoms with E-state index in [4.69, 9.17) is 4.74 Å². The molecule has 0 bridgehead atoms. The van der Waals surface area contributed by atoms with E-state index in [0.29, 0.717) is 24.3 Å². The number of Topliss-reactive ketones (excluding diaryl/α,β-unsaturated/α-hetero) is 1. The van der Waals surface area contributed by atoms with Gasteiger partial charge < -0.3 is 14.6 Å². The molecule has 5 nitrogen and oxygen atoms in total. The smallest absolute Gasteiger partial charge is 0.270 e. The first-order valence-electron chi connectivity index (χ1n) is 6.96. The molecule has 1 amide bonds. The van der Waals surface area contributed by atoms with Crippen molar-refractivity contribution in [2.45, 2.75) is 46.8 Å². The Bertz CT molecular complexity index is 538. The van der Waals surface area contributed by atoms with Crippen molar-refractivity contribution in [2.75, 3.05) is 13.1 Å². The predicted molar refractivity (Wildman–Crippen MR) is 76.2 cm³/mol. The van der Waals surface area contributed by atoms with Crippen LogP contribution in [0.1, 0.15) is 52.9 Å². The zero-order valence-electron chi connectivity index (χ0n) is 12.7. The Balaban J connectivity index is 2.30. The van der Waals surface area contributed by atoms with Crippen LogP contribution in [0.3, 0.4) is 0 Å². The molecule has 0 aliphatic carbocycles. The molecule has 0 unspecified atom stereocenters. The van der Waals surface area contributed by atoms with Gasteiger partial charge in [0.15, 0.2) is 5.78 Å². The molecule has 1 fully saturated rings. The van der Waals surface area contributed by atoms with Crippen LogP contribution in [0, 0.1) is 13.8 Å². The highest BCUT2D eigenvalue weighted by atomic mass is 16.5. The van der Waals surface area contributed by atoms with Gasteiger partial charge in [-0.2, -0.15) is 0 Å². The summed E-state index contributed by atoms with van der Waals surface area (Å²) in [6.45, 7) is 10.3. The summed E-state index contributed by atoms with van der Waals surface area (Å²) in [6, 6.07) is 0. The van der Waals surface area contributed by atoms with Gasteiger partial charge in [0.1, 0.15) is 5.69 Å². The molecule has 1 aliphatic rings. The summed E-state index contributed by atoms with van der Waals surface area (Å²) in [5, 5.41) is 0. The molecule has 1 aliphatic heterocycles. The van der Waals surface area contributed by atoms with E-state index in [2.05, 4.69) is 4.98 Å². The van der Waals surface area contributed by atoms with E-state index in [9.17, 15) is 9.59 Å². The zero-order chi connectivity index (χ0) is 15.0. The number of nitrogens with one attached hydrogen (secondary N) is 1. The van der Waals surface area contributed by atoms with Gasteiger partial charge in [0.2, 0.25) is 0 Å². The fraction of sp³-hybridized carbons (Fsp3) is 0.600. The normalized spacial score (nSPS) is 22.9. The summed E-state index contributed by atoms with van der Waals surface area (Å²) in [7, 11) is 0. The van der Waals surface area contributed by atoms with Crippen LogP contribution in [0.4, 0.5) is 0 Å². The van der Waals surface area contributed by atoms with Crippen molar-refractivity contribution in [3.8, 4) is 0 Å². The number of hydrogen-bond donors (Lipinski definition) is 1. The molecule has 20 heavy (non-hydrogen) atoms. The molecule has 1 N–H and O–H groups in total. The van der Waals surface area contributed by atoms with E-state index in [1.807, 2.05) is 27.7 Å². The molecule has 2 rings (SSSR count). The van der Waals surface area contributed by atoms with Crippen LogP contribution < -0.4 is 0 Å². The van der Waals surface area contributed by atoms with Crippen molar-refractivity contribution in [3.05, 3.63) is 22.5 Å². The lowest BCUT2D eigenvalue weighted by Gasteiger charge is -2.35. The van der Waals surface area contributed by atoms with Gasteiger partial charge in [-0.15, -0.1) is 0 Å². The third kappa shape index (κ3) is 2.63. The Labute approximate surface area is 119 Å². The van der Waals surface area contributed by atoms with Gasteiger partial charge >= 0.3 is 0 Å². The second-order valence-corrected chi connectivity index (χ2v) is 5.65. The number of hydrogen-bond acceptors (Lipinski definition) is 3. The molecule has 0 spiro atoms. The van der Waals surface area contributed by atoms with Crippen molar-refractivity contribution in [1.29, 1.82) is 0 Å². The van der Waals surface area contributed by atoms with Gasteiger partial charge in [-0.1, -0.05) is 0 Å². The van der Waals surface area contributed by atoms with E-state index in [1.54, 1.807) is 4.90 Å². The number of H-pyrrole nitrogens is 1. The second kappa shape index (κ2) is 5.40. The minimum Gasteiger partial charge on any atom is -0.372 e. The third-order valence-electron chi connectivity index (χ3n) is 3.71. The van der Waals surface area contributed by atoms with E-state index in [1.165, 1.54) is 6.92 Å². The Morgan fingerprint density at radius 1 is 1.20 bits per heavy atom. The highest BCUT2D eigenvalue weighted by molar-refractivity contribution is 6.02. The van der Waals surface area contributed by atoms with Crippen molar-refractivity contribution in [1.82, 2.24) is 9.88 Å². The number of rotatable bonds is 2. The van der Waals surface area contributed by atoms with Gasteiger partial charge in [0, 0.05) is 24.3 Å². The molecular formula is C15H22N2O3. The average Bonchev–Trinajstić information content (AvgIpc) is 2.62. The van der Waals surface area contributed by atoms with E-state index < -0.39 is 0 Å². The van der Waals surface area contributed by atoms with E-state index in [-0.39, 0.29) is 23.9 Å². The van der Waals surface area contributed by atoms with Crippen LogP contribution in [0.15, 0.2) is 0 Å². The summed E-state index contributed by atoms with van der Waals surface area (Å²) < 4.78 is 5.64. The largest absolute Gasteiger partial charge is 0.372 e. The maximum absolute atomic E-state index is 12.6. The summed E-state index contributed by atoms with van der Waals surface area (Å²) in [4.78, 5) is 29.1. The van der Waals surface area contributed by atoms with Crippen LogP contribution >= 0.6 is 0 Å². The SMILES string of the molecule is CC(=O)c1c(C)[nH]c(C(=O)N2C[C@@H](C)O[C@H](C)C2)c1C. The molecule has 110 valence electrons. The predicted octanol–water partition coefficient (Wildman–Crippen LogP) is 2.08. The molecule has 2 heterocycles. The number of ether oxygens (including phenoxy) is 1. The molecule has 5 heteroatoms. The minimum absolute atomic E-state index is 0.0148. The van der Waals surface area contributed by atoms with Crippen molar-refractivity contribution >= 4 is 11.7 Å². The Morgan fingerprint density at radius 2 is 1.75 bits per heavy atom. The molecule has 1 aromatic heterocycles. The fourth-order valence-corrected chi connectivity index (χ4v) is 2.99. The number of aromatic nitrogens is 1. The summed E-state index contributed by atoms with van der Waals surface area (Å²) in [5.41, 5.74) is 2.65. The number of carbonyl (C=O) groups is 2. The number of aromatic amines is 1. The zero-order valence-corrected chi connectivity index (χ0v) is 12.7. The number of nitrogens with zero attached hydrogens (tertiary/aromatic N) is 1. The monoisotopic (exact) mass is 278 g/mol. The fourth-order valence-electron chi connectivity index (χ4n) is 2.99. The Morgan fingerprint density at radius 3 is 2.20 bits per heavy atom. The maximum atomic E-state index is 12.6. The third-order valence-corrected chi connectivity index (χ3v) is 3.71. The van der Waals surface area contributed by atoms with Crippen LogP contribution in [0.25, 0.3) is 0 Å². The molecule has 0 radical (unpaired) electrons. The number of amides is 1. The molecule has 0 aromatic carbocycles. The summed E-state index contributed by atoms with van der Waals surface area (Å²) >= 11 is 0. The van der Waals surface area contributed by atoms with Gasteiger partial charge in [0.25, 0.3) is 5.91 Å². The van der Waals surface area contributed by atoms with Gasteiger partial charge in [0.05, 0.1) is 12.2 Å².